The van der Waals surface area contributed by atoms with Crippen molar-refractivity contribution in [3.05, 3.63) is 0 Å². The third kappa shape index (κ3) is 3.23. The fourth-order valence-corrected chi connectivity index (χ4v) is 2.40. The number of carboxylic acids is 1. The number of urea groups is 1. The Bertz CT molecular complexity index is 385. The lowest BCUT2D eigenvalue weighted by Crippen LogP contribution is -2.57. The summed E-state index contributed by atoms with van der Waals surface area (Å²) < 4.78 is 0. The van der Waals surface area contributed by atoms with Gasteiger partial charge < -0.3 is 10.4 Å². The largest absolute Gasteiger partial charge is 0.480 e. The predicted octanol–water partition coefficient (Wildman–Crippen LogP) is 0.160. The highest BCUT2D eigenvalue weighted by atomic mass is 16.4. The molecule has 0 saturated carbocycles. The fraction of sp³-hybridized carbons (Fsp3) is 0.750. The molecule has 108 valence electrons. The summed E-state index contributed by atoms with van der Waals surface area (Å²) in [6.07, 6.45) is 1.22. The fourth-order valence-electron chi connectivity index (χ4n) is 2.40. The molecule has 3 amide bonds. The van der Waals surface area contributed by atoms with E-state index in [1.54, 1.807) is 25.7 Å². The van der Waals surface area contributed by atoms with Gasteiger partial charge in [0.25, 0.3) is 0 Å². The third-order valence-electron chi connectivity index (χ3n) is 3.58. The molecule has 0 spiro atoms. The Morgan fingerprint density at radius 1 is 1.42 bits per heavy atom. The number of likely N-dealkylation sites (tertiary alicyclic amines) is 1. The number of nitrogens with one attached hydrogen (secondary N) is 2. The average molecular weight is 271 g/mol. The Labute approximate surface area is 112 Å². The van der Waals surface area contributed by atoms with Crippen LogP contribution in [-0.4, -0.2) is 52.6 Å². The summed E-state index contributed by atoms with van der Waals surface area (Å²) in [4.78, 5) is 36.2. The molecule has 19 heavy (non-hydrogen) atoms. The smallest absolute Gasteiger partial charge is 0.323 e. The zero-order valence-electron chi connectivity index (χ0n) is 11.5. The molecule has 1 heterocycles. The van der Waals surface area contributed by atoms with Crippen molar-refractivity contribution in [1.29, 1.82) is 0 Å². The first-order chi connectivity index (χ1) is 8.82. The summed E-state index contributed by atoms with van der Waals surface area (Å²) >= 11 is 0. The number of imide groups is 1. The summed E-state index contributed by atoms with van der Waals surface area (Å²) in [5, 5.41) is 14.0. The zero-order chi connectivity index (χ0) is 14.6. The number of aliphatic carboxylic acids is 1. The van der Waals surface area contributed by atoms with Crippen molar-refractivity contribution in [3.63, 3.8) is 0 Å². The highest BCUT2D eigenvalue weighted by Gasteiger charge is 2.47. The second-order valence-corrected chi connectivity index (χ2v) is 4.90. The van der Waals surface area contributed by atoms with Crippen LogP contribution in [0.5, 0.6) is 0 Å². The Balaban J connectivity index is 2.71. The van der Waals surface area contributed by atoms with E-state index in [0.717, 1.165) is 6.42 Å². The summed E-state index contributed by atoms with van der Waals surface area (Å²) in [5.74, 6) is -1.43. The molecule has 1 saturated heterocycles. The van der Waals surface area contributed by atoms with Gasteiger partial charge in [-0.15, -0.1) is 0 Å². The van der Waals surface area contributed by atoms with Gasteiger partial charge in [0.1, 0.15) is 5.54 Å². The van der Waals surface area contributed by atoms with Gasteiger partial charge in [-0.3, -0.25) is 19.8 Å². The Hall–Kier alpha value is -1.63. The van der Waals surface area contributed by atoms with Crippen LogP contribution in [-0.2, 0) is 9.59 Å². The molecule has 1 aliphatic heterocycles. The van der Waals surface area contributed by atoms with Gasteiger partial charge in [0, 0.05) is 13.1 Å². The van der Waals surface area contributed by atoms with Crippen molar-refractivity contribution >= 4 is 17.9 Å². The lowest BCUT2D eigenvalue weighted by molar-refractivity contribution is -0.151. The maximum absolute atomic E-state index is 11.9. The molecule has 3 N–H and O–H groups in total. The molecule has 1 aliphatic rings. The monoisotopic (exact) mass is 271 g/mol. The molecule has 0 aromatic heterocycles. The standard InChI is InChI=1S/C12H21N3O4/c1-4-13-11(19)14-9(16)8(2)15-7-5-6-12(15,3)10(17)18/h8H,4-7H2,1-3H3,(H,17,18)(H2,13,14,16,19). The van der Waals surface area contributed by atoms with Crippen molar-refractivity contribution in [2.24, 2.45) is 0 Å². The molecule has 7 heteroatoms. The van der Waals surface area contributed by atoms with Crippen LogP contribution in [0.1, 0.15) is 33.6 Å². The van der Waals surface area contributed by atoms with E-state index in [1.165, 1.54) is 0 Å². The molecule has 2 atom stereocenters. The van der Waals surface area contributed by atoms with Crippen LogP contribution in [0.2, 0.25) is 0 Å². The molecule has 1 rings (SSSR count). The van der Waals surface area contributed by atoms with Crippen molar-refractivity contribution in [2.45, 2.75) is 45.2 Å². The van der Waals surface area contributed by atoms with Gasteiger partial charge in [-0.2, -0.15) is 0 Å². The van der Waals surface area contributed by atoms with E-state index >= 15 is 0 Å². The molecule has 0 aromatic carbocycles. The number of amides is 3. The van der Waals surface area contributed by atoms with E-state index in [0.29, 0.717) is 19.5 Å². The lowest BCUT2D eigenvalue weighted by atomic mass is 9.98. The van der Waals surface area contributed by atoms with Crippen molar-refractivity contribution in [3.8, 4) is 0 Å². The normalized spacial score (nSPS) is 24.8. The molecular formula is C12H21N3O4. The van der Waals surface area contributed by atoms with Gasteiger partial charge in [0.15, 0.2) is 0 Å². The van der Waals surface area contributed by atoms with Crippen LogP contribution in [0.4, 0.5) is 4.79 Å². The molecule has 0 aromatic rings. The van der Waals surface area contributed by atoms with E-state index in [-0.39, 0.29) is 0 Å². The number of hydrogen-bond acceptors (Lipinski definition) is 4. The minimum atomic E-state index is -1.04. The molecule has 2 unspecified atom stereocenters. The van der Waals surface area contributed by atoms with Crippen LogP contribution in [0, 0.1) is 0 Å². The molecule has 7 nitrogen and oxygen atoms in total. The average Bonchev–Trinajstić information content (AvgIpc) is 2.72. The quantitative estimate of drug-likeness (QED) is 0.676. The second-order valence-electron chi connectivity index (χ2n) is 4.90. The van der Waals surface area contributed by atoms with Crippen LogP contribution in [0.3, 0.4) is 0 Å². The first-order valence-corrected chi connectivity index (χ1v) is 6.41. The SMILES string of the molecule is CCNC(=O)NC(=O)C(C)N1CCCC1(C)C(=O)O. The van der Waals surface area contributed by atoms with Crippen molar-refractivity contribution < 1.29 is 19.5 Å². The number of carbonyl (C=O) groups excluding carboxylic acids is 2. The highest BCUT2D eigenvalue weighted by molar-refractivity contribution is 5.97. The topological polar surface area (TPSA) is 98.7 Å². The lowest BCUT2D eigenvalue weighted by Gasteiger charge is -2.35. The zero-order valence-corrected chi connectivity index (χ0v) is 11.5. The van der Waals surface area contributed by atoms with Gasteiger partial charge in [0.05, 0.1) is 6.04 Å². The van der Waals surface area contributed by atoms with Crippen molar-refractivity contribution in [1.82, 2.24) is 15.5 Å². The summed E-state index contributed by atoms with van der Waals surface area (Å²) in [7, 11) is 0. The third-order valence-corrected chi connectivity index (χ3v) is 3.58. The molecule has 1 fully saturated rings. The van der Waals surface area contributed by atoms with Crippen LogP contribution >= 0.6 is 0 Å². The molecule has 0 radical (unpaired) electrons. The van der Waals surface area contributed by atoms with E-state index < -0.39 is 29.5 Å². The van der Waals surface area contributed by atoms with E-state index in [2.05, 4.69) is 10.6 Å². The van der Waals surface area contributed by atoms with E-state index in [4.69, 9.17) is 0 Å². The van der Waals surface area contributed by atoms with Crippen LogP contribution in [0.15, 0.2) is 0 Å². The Morgan fingerprint density at radius 2 is 2.05 bits per heavy atom. The first-order valence-electron chi connectivity index (χ1n) is 6.41. The molecule has 0 bridgehead atoms. The minimum Gasteiger partial charge on any atom is -0.480 e. The number of carboxylic acid groups (broad SMARTS) is 1. The number of rotatable bonds is 4. The number of nitrogens with zero attached hydrogens (tertiary/aromatic N) is 1. The predicted molar refractivity (Wildman–Crippen MR) is 68.7 cm³/mol. The summed E-state index contributed by atoms with van der Waals surface area (Å²) in [6.45, 7) is 5.92. The molecular weight excluding hydrogens is 250 g/mol. The summed E-state index contributed by atoms with van der Waals surface area (Å²) in [6, 6.07) is -1.22. The Morgan fingerprint density at radius 3 is 2.58 bits per heavy atom. The number of carbonyl (C=O) groups is 3. The van der Waals surface area contributed by atoms with Crippen molar-refractivity contribution in [2.75, 3.05) is 13.1 Å². The van der Waals surface area contributed by atoms with Gasteiger partial charge in [-0.1, -0.05) is 0 Å². The maximum atomic E-state index is 11.9. The maximum Gasteiger partial charge on any atom is 0.323 e. The second kappa shape index (κ2) is 6.01. The highest BCUT2D eigenvalue weighted by Crippen LogP contribution is 2.31. The van der Waals surface area contributed by atoms with Crippen LogP contribution in [0.25, 0.3) is 0 Å². The minimum absolute atomic E-state index is 0.421. The van der Waals surface area contributed by atoms with Gasteiger partial charge >= 0.3 is 12.0 Å². The van der Waals surface area contributed by atoms with E-state index in [1.807, 2.05) is 0 Å². The van der Waals surface area contributed by atoms with Gasteiger partial charge in [-0.05, 0) is 33.6 Å². The van der Waals surface area contributed by atoms with Gasteiger partial charge in [-0.25, -0.2) is 4.79 Å². The summed E-state index contributed by atoms with van der Waals surface area (Å²) in [5.41, 5.74) is -1.04. The Kier molecular flexibility index (Phi) is 4.88. The number of hydrogen-bond donors (Lipinski definition) is 3. The first kappa shape index (κ1) is 15.4. The van der Waals surface area contributed by atoms with Crippen LogP contribution < -0.4 is 10.6 Å². The van der Waals surface area contributed by atoms with E-state index in [9.17, 15) is 19.5 Å². The molecule has 0 aliphatic carbocycles. The van der Waals surface area contributed by atoms with Gasteiger partial charge in [0.2, 0.25) is 5.91 Å².